The van der Waals surface area contributed by atoms with Crippen molar-refractivity contribution in [2.45, 2.75) is 29.6 Å². The summed E-state index contributed by atoms with van der Waals surface area (Å²) in [7, 11) is -3.90. The van der Waals surface area contributed by atoms with Crippen molar-refractivity contribution in [2.24, 2.45) is 5.92 Å². The SMILES string of the molecule is Cc1nn(-c2ccccc2)c(OC(=O)C2CC2)c1S(=O)(=O)c1ccccc1. The molecule has 1 aromatic heterocycles. The number of hydrogen-bond donors (Lipinski definition) is 0. The number of aryl methyl sites for hydroxylation is 1. The molecule has 0 N–H and O–H groups in total. The Morgan fingerprint density at radius 2 is 1.63 bits per heavy atom. The minimum Gasteiger partial charge on any atom is -0.406 e. The molecule has 0 unspecified atom stereocenters. The van der Waals surface area contributed by atoms with E-state index in [-0.39, 0.29) is 27.3 Å². The predicted octanol–water partition coefficient (Wildman–Crippen LogP) is 3.33. The standard InChI is InChI=1S/C20H18N2O4S/c1-14-18(27(24,25)17-10-6-3-7-11-17)19(26-20(23)15-12-13-15)22(21-14)16-8-4-2-5-9-16/h2-11,15H,12-13H2,1H3. The van der Waals surface area contributed by atoms with Gasteiger partial charge in [0.25, 0.3) is 0 Å². The van der Waals surface area contributed by atoms with Gasteiger partial charge in [-0.15, -0.1) is 0 Å². The van der Waals surface area contributed by atoms with E-state index in [1.54, 1.807) is 37.3 Å². The first-order valence-electron chi connectivity index (χ1n) is 8.65. The molecule has 0 radical (unpaired) electrons. The summed E-state index contributed by atoms with van der Waals surface area (Å²) in [6, 6.07) is 17.1. The summed E-state index contributed by atoms with van der Waals surface area (Å²) in [4.78, 5) is 12.4. The van der Waals surface area contributed by atoms with Crippen LogP contribution >= 0.6 is 0 Å². The number of carbonyl (C=O) groups is 1. The zero-order chi connectivity index (χ0) is 19.0. The van der Waals surface area contributed by atoms with Gasteiger partial charge in [-0.25, -0.2) is 8.42 Å². The van der Waals surface area contributed by atoms with Crippen molar-refractivity contribution in [2.75, 3.05) is 0 Å². The first kappa shape index (κ1) is 17.5. The van der Waals surface area contributed by atoms with Gasteiger partial charge in [-0.3, -0.25) is 4.79 Å². The molecule has 138 valence electrons. The van der Waals surface area contributed by atoms with Crippen molar-refractivity contribution in [1.29, 1.82) is 0 Å². The molecule has 0 atom stereocenters. The molecular formula is C20H18N2O4S. The van der Waals surface area contributed by atoms with Gasteiger partial charge in [0.1, 0.15) is 0 Å². The fraction of sp³-hybridized carbons (Fsp3) is 0.200. The molecule has 7 heteroatoms. The average Bonchev–Trinajstić information content (AvgIpc) is 3.47. The van der Waals surface area contributed by atoms with E-state index in [0.717, 1.165) is 12.8 Å². The van der Waals surface area contributed by atoms with E-state index < -0.39 is 15.8 Å². The van der Waals surface area contributed by atoms with Gasteiger partial charge < -0.3 is 4.74 Å². The van der Waals surface area contributed by atoms with Crippen molar-refractivity contribution in [3.63, 3.8) is 0 Å². The maximum atomic E-state index is 13.2. The monoisotopic (exact) mass is 382 g/mol. The second-order valence-corrected chi connectivity index (χ2v) is 8.37. The lowest BCUT2D eigenvalue weighted by atomic mass is 10.3. The fourth-order valence-corrected chi connectivity index (χ4v) is 4.39. The van der Waals surface area contributed by atoms with E-state index in [9.17, 15) is 13.2 Å². The topological polar surface area (TPSA) is 78.3 Å². The first-order chi connectivity index (χ1) is 13.0. The third-order valence-corrected chi connectivity index (χ3v) is 6.30. The van der Waals surface area contributed by atoms with Gasteiger partial charge in [0.15, 0.2) is 4.90 Å². The molecule has 0 amide bonds. The van der Waals surface area contributed by atoms with Gasteiger partial charge in [-0.05, 0) is 44.0 Å². The van der Waals surface area contributed by atoms with E-state index in [4.69, 9.17) is 4.74 Å². The van der Waals surface area contributed by atoms with Gasteiger partial charge in [-0.2, -0.15) is 9.78 Å². The third kappa shape index (κ3) is 3.26. The Hall–Kier alpha value is -2.93. The van der Waals surface area contributed by atoms with Crippen LogP contribution in [0.3, 0.4) is 0 Å². The minimum absolute atomic E-state index is 0.0561. The Morgan fingerprint density at radius 1 is 1.04 bits per heavy atom. The highest BCUT2D eigenvalue weighted by molar-refractivity contribution is 7.91. The number of sulfone groups is 1. The molecule has 1 aliphatic rings. The summed E-state index contributed by atoms with van der Waals surface area (Å²) in [6.07, 6.45) is 1.52. The van der Waals surface area contributed by atoms with Crippen molar-refractivity contribution < 1.29 is 17.9 Å². The van der Waals surface area contributed by atoms with Crippen LogP contribution in [0.1, 0.15) is 18.5 Å². The summed E-state index contributed by atoms with van der Waals surface area (Å²) in [5.74, 6) is -0.646. The molecule has 1 aliphatic carbocycles. The van der Waals surface area contributed by atoms with Crippen molar-refractivity contribution in [1.82, 2.24) is 9.78 Å². The van der Waals surface area contributed by atoms with Crippen molar-refractivity contribution >= 4 is 15.8 Å². The highest BCUT2D eigenvalue weighted by Crippen LogP contribution is 2.37. The molecule has 0 aliphatic heterocycles. The van der Waals surface area contributed by atoms with Crippen LogP contribution in [0.2, 0.25) is 0 Å². The van der Waals surface area contributed by atoms with E-state index in [0.29, 0.717) is 5.69 Å². The number of hydrogen-bond acceptors (Lipinski definition) is 5. The van der Waals surface area contributed by atoms with Gasteiger partial charge in [-0.1, -0.05) is 36.4 Å². The van der Waals surface area contributed by atoms with Crippen LogP contribution in [-0.4, -0.2) is 24.2 Å². The summed E-state index contributed by atoms with van der Waals surface area (Å²) >= 11 is 0. The summed E-state index contributed by atoms with van der Waals surface area (Å²) in [5.41, 5.74) is 0.898. The molecule has 1 saturated carbocycles. The zero-order valence-corrected chi connectivity index (χ0v) is 15.5. The Bertz CT molecular complexity index is 1090. The van der Waals surface area contributed by atoms with E-state index in [1.807, 2.05) is 18.2 Å². The molecule has 2 aromatic carbocycles. The van der Waals surface area contributed by atoms with Gasteiger partial charge >= 0.3 is 5.97 Å². The highest BCUT2D eigenvalue weighted by atomic mass is 32.2. The lowest BCUT2D eigenvalue weighted by molar-refractivity contribution is -0.136. The number of benzene rings is 2. The molecule has 27 heavy (non-hydrogen) atoms. The highest BCUT2D eigenvalue weighted by Gasteiger charge is 2.36. The quantitative estimate of drug-likeness (QED) is 0.633. The second-order valence-electron chi connectivity index (χ2n) is 6.48. The number of carbonyl (C=O) groups excluding carboxylic acids is 1. The smallest absolute Gasteiger partial charge is 0.315 e. The fourth-order valence-electron chi connectivity index (χ4n) is 2.85. The zero-order valence-electron chi connectivity index (χ0n) is 14.7. The number of para-hydroxylation sites is 1. The molecule has 3 aromatic rings. The number of rotatable bonds is 5. The lowest BCUT2D eigenvalue weighted by Gasteiger charge is -2.10. The minimum atomic E-state index is -3.90. The normalized spacial score (nSPS) is 14.1. The number of ether oxygens (including phenoxy) is 1. The molecule has 6 nitrogen and oxygen atoms in total. The third-order valence-electron chi connectivity index (χ3n) is 4.40. The van der Waals surface area contributed by atoms with E-state index in [1.165, 1.54) is 16.8 Å². The van der Waals surface area contributed by atoms with Crippen LogP contribution < -0.4 is 4.74 Å². The van der Waals surface area contributed by atoms with E-state index in [2.05, 4.69) is 5.10 Å². The maximum absolute atomic E-state index is 13.2. The Kier molecular flexibility index (Phi) is 4.31. The number of aromatic nitrogens is 2. The predicted molar refractivity (Wildman–Crippen MR) is 98.6 cm³/mol. The van der Waals surface area contributed by atoms with Crippen LogP contribution in [0.15, 0.2) is 70.5 Å². The Balaban J connectivity index is 1.90. The Morgan fingerprint density at radius 3 is 2.22 bits per heavy atom. The van der Waals surface area contributed by atoms with Crippen LogP contribution in [0.25, 0.3) is 5.69 Å². The van der Waals surface area contributed by atoms with E-state index >= 15 is 0 Å². The van der Waals surface area contributed by atoms with Crippen LogP contribution in [0, 0.1) is 12.8 Å². The molecule has 0 spiro atoms. The number of nitrogens with zero attached hydrogens (tertiary/aromatic N) is 2. The summed E-state index contributed by atoms with van der Waals surface area (Å²) in [5, 5.41) is 4.37. The first-order valence-corrected chi connectivity index (χ1v) is 10.1. The average molecular weight is 382 g/mol. The molecular weight excluding hydrogens is 364 g/mol. The largest absolute Gasteiger partial charge is 0.406 e. The molecule has 0 saturated heterocycles. The molecule has 4 rings (SSSR count). The summed E-state index contributed by atoms with van der Waals surface area (Å²) in [6.45, 7) is 1.60. The van der Waals surface area contributed by atoms with Gasteiger partial charge in [0.05, 0.1) is 22.2 Å². The van der Waals surface area contributed by atoms with Crippen LogP contribution in [-0.2, 0) is 14.6 Å². The van der Waals surface area contributed by atoms with Gasteiger partial charge in [0.2, 0.25) is 15.7 Å². The molecule has 1 fully saturated rings. The summed E-state index contributed by atoms with van der Waals surface area (Å²) < 4.78 is 33.4. The second kappa shape index (κ2) is 6.66. The van der Waals surface area contributed by atoms with Crippen LogP contribution in [0.5, 0.6) is 5.88 Å². The van der Waals surface area contributed by atoms with Crippen molar-refractivity contribution in [3.8, 4) is 11.6 Å². The lowest BCUT2D eigenvalue weighted by Crippen LogP contribution is -2.15. The maximum Gasteiger partial charge on any atom is 0.315 e. The van der Waals surface area contributed by atoms with Gasteiger partial charge in [0, 0.05) is 0 Å². The van der Waals surface area contributed by atoms with Crippen molar-refractivity contribution in [3.05, 3.63) is 66.4 Å². The van der Waals surface area contributed by atoms with Crippen LogP contribution in [0.4, 0.5) is 0 Å². The Labute approximate surface area is 157 Å². The molecule has 1 heterocycles. The molecule has 0 bridgehead atoms. The number of esters is 1.